The molecule has 0 aliphatic carbocycles. The number of rotatable bonds is 7. The van der Waals surface area contributed by atoms with Gasteiger partial charge in [0.05, 0.1) is 33.7 Å². The highest BCUT2D eigenvalue weighted by molar-refractivity contribution is 7.92. The van der Waals surface area contributed by atoms with Gasteiger partial charge in [-0.3, -0.25) is 9.21 Å². The second kappa shape index (κ2) is 11.7. The van der Waals surface area contributed by atoms with Gasteiger partial charge in [0.15, 0.2) is 0 Å². The van der Waals surface area contributed by atoms with Crippen LogP contribution in [0.15, 0.2) is 48.7 Å². The van der Waals surface area contributed by atoms with E-state index in [9.17, 15) is 8.42 Å². The van der Waals surface area contributed by atoms with Gasteiger partial charge < -0.3 is 25.4 Å². The van der Waals surface area contributed by atoms with Crippen molar-refractivity contribution in [3.8, 4) is 0 Å². The van der Waals surface area contributed by atoms with Gasteiger partial charge in [-0.05, 0) is 62.2 Å². The van der Waals surface area contributed by atoms with Gasteiger partial charge in [0.1, 0.15) is 11.5 Å². The second-order valence-electron chi connectivity index (χ2n) is 12.0. The van der Waals surface area contributed by atoms with Crippen molar-refractivity contribution in [2.75, 3.05) is 79.0 Å². The number of nitrogens with zero attached hydrogens (tertiary/aromatic N) is 6. The van der Waals surface area contributed by atoms with E-state index in [1.165, 1.54) is 10.6 Å². The van der Waals surface area contributed by atoms with Crippen molar-refractivity contribution in [1.82, 2.24) is 24.8 Å². The van der Waals surface area contributed by atoms with Crippen LogP contribution in [0.3, 0.4) is 0 Å². The number of piperazine rings is 1. The maximum atomic E-state index is 12.5. The van der Waals surface area contributed by atoms with Crippen LogP contribution in [0.4, 0.5) is 34.5 Å². The van der Waals surface area contributed by atoms with E-state index in [1.54, 1.807) is 0 Å². The molecule has 3 N–H and O–H groups in total. The number of hydrogen-bond donors (Lipinski definition) is 3. The lowest BCUT2D eigenvalue weighted by atomic mass is 10.0. The summed E-state index contributed by atoms with van der Waals surface area (Å²) in [5.74, 6) is 0.963. The molecule has 11 nitrogen and oxygen atoms in total. The van der Waals surface area contributed by atoms with Gasteiger partial charge >= 0.3 is 0 Å². The zero-order chi connectivity index (χ0) is 30.4. The fourth-order valence-electron chi connectivity index (χ4n) is 6.70. The highest BCUT2D eigenvalue weighted by atomic mass is 35.5. The summed E-state index contributed by atoms with van der Waals surface area (Å²) in [4.78, 5) is 20.1. The van der Waals surface area contributed by atoms with Crippen LogP contribution in [0.2, 0.25) is 5.02 Å². The van der Waals surface area contributed by atoms with Crippen LogP contribution in [0, 0.1) is 0 Å². The molecule has 2 aromatic carbocycles. The number of anilines is 6. The predicted molar refractivity (Wildman–Crippen MR) is 179 cm³/mol. The van der Waals surface area contributed by atoms with Gasteiger partial charge in [-0.1, -0.05) is 23.7 Å². The molecule has 4 aromatic rings. The normalized spacial score (nSPS) is 18.6. The molecule has 2 fully saturated rings. The monoisotopic (exact) mass is 635 g/mol. The number of hydrogen-bond acceptors (Lipinski definition) is 9. The summed E-state index contributed by atoms with van der Waals surface area (Å²) >= 11 is 6.84. The number of sulfonamides is 1. The van der Waals surface area contributed by atoms with Crippen molar-refractivity contribution < 1.29 is 8.42 Å². The van der Waals surface area contributed by atoms with E-state index >= 15 is 0 Å². The SMILES string of the molecule is CN1CCN(C2CCN(c3ccc(Nc4nc(Nc5cccc6c5N(S(C)(=O)=O)CC6)c5cc[nH]c5n4)cc3Cl)CC2)CC1. The molecule has 5 heterocycles. The van der Waals surface area contributed by atoms with Gasteiger partial charge in [0, 0.05) is 63.7 Å². The minimum atomic E-state index is -3.41. The first-order valence-corrected chi connectivity index (χ1v) is 17.4. The minimum Gasteiger partial charge on any atom is -0.370 e. The number of H-pyrrole nitrogens is 1. The number of nitrogens with one attached hydrogen (secondary N) is 3. The summed E-state index contributed by atoms with van der Waals surface area (Å²) in [7, 11) is -1.21. The molecule has 0 unspecified atom stereocenters. The topological polar surface area (TPSA) is 113 Å². The highest BCUT2D eigenvalue weighted by Crippen LogP contribution is 2.39. The van der Waals surface area contributed by atoms with Gasteiger partial charge in [-0.25, -0.2) is 8.42 Å². The average Bonchev–Trinajstić information content (AvgIpc) is 3.66. The van der Waals surface area contributed by atoms with E-state index in [0.29, 0.717) is 52.8 Å². The fourth-order valence-corrected chi connectivity index (χ4v) is 7.97. The van der Waals surface area contributed by atoms with Crippen LogP contribution in [-0.4, -0.2) is 98.3 Å². The molecule has 0 amide bonds. The van der Waals surface area contributed by atoms with Crippen LogP contribution in [-0.2, 0) is 16.4 Å². The molecule has 0 atom stereocenters. The van der Waals surface area contributed by atoms with Crippen molar-refractivity contribution in [1.29, 1.82) is 0 Å². The third kappa shape index (κ3) is 5.79. The Bertz CT molecular complexity index is 1780. The quantitative estimate of drug-likeness (QED) is 0.267. The zero-order valence-corrected chi connectivity index (χ0v) is 26.6. The maximum Gasteiger partial charge on any atom is 0.232 e. The van der Waals surface area contributed by atoms with Crippen LogP contribution >= 0.6 is 11.6 Å². The maximum absolute atomic E-state index is 12.5. The summed E-state index contributed by atoms with van der Waals surface area (Å²) in [6.07, 6.45) is 6.01. The molecule has 2 aromatic heterocycles. The van der Waals surface area contributed by atoms with Crippen molar-refractivity contribution in [2.45, 2.75) is 25.3 Å². The standard InChI is InChI=1S/C31H38ClN9O2S/c1-38-16-18-39(19-17-38)23-10-13-40(14-11-23)27-7-6-22(20-25(27)32)34-31-36-29-24(8-12-33-29)30(37-31)35-26-5-3-4-21-9-15-41(28(21)26)44(2,42)43/h3-8,12,20,23H,9-11,13-19H2,1-2H3,(H3,33,34,35,36,37). The number of halogens is 1. The Hall–Kier alpha value is -3.58. The van der Waals surface area contributed by atoms with Crippen LogP contribution in [0.25, 0.3) is 11.0 Å². The summed E-state index contributed by atoms with van der Waals surface area (Å²) in [5.41, 5.74) is 4.82. The largest absolute Gasteiger partial charge is 0.370 e. The lowest BCUT2D eigenvalue weighted by molar-refractivity contribution is 0.0982. The molecule has 3 aliphatic heterocycles. The van der Waals surface area contributed by atoms with Crippen molar-refractivity contribution in [3.05, 3.63) is 59.2 Å². The van der Waals surface area contributed by atoms with Crippen LogP contribution in [0.5, 0.6) is 0 Å². The first kappa shape index (κ1) is 29.1. The number of likely N-dealkylation sites (N-methyl/N-ethyl adjacent to an activating group) is 1. The number of piperidine rings is 1. The zero-order valence-electron chi connectivity index (χ0n) is 25.1. The first-order chi connectivity index (χ1) is 21.2. The molecular weight excluding hydrogens is 598 g/mol. The number of para-hydroxylation sites is 1. The number of benzene rings is 2. The lowest BCUT2D eigenvalue weighted by Gasteiger charge is -2.42. The van der Waals surface area contributed by atoms with Crippen molar-refractivity contribution >= 4 is 67.2 Å². The van der Waals surface area contributed by atoms with Crippen LogP contribution in [0.1, 0.15) is 18.4 Å². The third-order valence-electron chi connectivity index (χ3n) is 9.09. The Morgan fingerprint density at radius 3 is 2.50 bits per heavy atom. The van der Waals surface area contributed by atoms with Crippen molar-refractivity contribution in [3.63, 3.8) is 0 Å². The molecule has 13 heteroatoms. The van der Waals surface area contributed by atoms with Crippen LogP contribution < -0.4 is 19.8 Å². The minimum absolute atomic E-state index is 0.395. The highest BCUT2D eigenvalue weighted by Gasteiger charge is 2.30. The predicted octanol–water partition coefficient (Wildman–Crippen LogP) is 4.64. The Morgan fingerprint density at radius 1 is 0.955 bits per heavy atom. The average molecular weight is 636 g/mol. The van der Waals surface area contributed by atoms with Gasteiger partial charge in [0.2, 0.25) is 16.0 Å². The van der Waals surface area contributed by atoms with E-state index in [-0.39, 0.29) is 0 Å². The summed E-state index contributed by atoms with van der Waals surface area (Å²) < 4.78 is 26.5. The Labute approximate surface area is 263 Å². The van der Waals surface area contributed by atoms with E-state index < -0.39 is 10.0 Å². The van der Waals surface area contributed by atoms with Gasteiger partial charge in [0.25, 0.3) is 0 Å². The summed E-state index contributed by atoms with van der Waals surface area (Å²) in [5, 5.41) is 8.20. The molecule has 0 radical (unpaired) electrons. The Morgan fingerprint density at radius 2 is 1.75 bits per heavy atom. The van der Waals surface area contributed by atoms with E-state index in [0.717, 1.165) is 74.4 Å². The molecule has 3 aliphatic rings. The number of fused-ring (bicyclic) bond motifs is 2. The van der Waals surface area contributed by atoms with E-state index in [1.807, 2.05) is 42.6 Å². The number of aromatic nitrogens is 3. The molecular formula is C31H38ClN9O2S. The second-order valence-corrected chi connectivity index (χ2v) is 14.3. The lowest BCUT2D eigenvalue weighted by Crippen LogP contribution is -2.52. The molecule has 2 saturated heterocycles. The summed E-state index contributed by atoms with van der Waals surface area (Å²) in [6, 6.07) is 14.3. The molecule has 232 valence electrons. The Kier molecular flexibility index (Phi) is 7.77. The molecule has 0 saturated carbocycles. The fraction of sp³-hybridized carbons (Fsp3) is 0.419. The molecule has 44 heavy (non-hydrogen) atoms. The first-order valence-electron chi connectivity index (χ1n) is 15.2. The Balaban J connectivity index is 1.08. The van der Waals surface area contributed by atoms with E-state index in [4.69, 9.17) is 16.6 Å². The molecule has 0 bridgehead atoms. The molecule has 0 spiro atoms. The smallest absolute Gasteiger partial charge is 0.232 e. The van der Waals surface area contributed by atoms with Gasteiger partial charge in [-0.2, -0.15) is 9.97 Å². The third-order valence-corrected chi connectivity index (χ3v) is 10.6. The number of aromatic amines is 1. The summed E-state index contributed by atoms with van der Waals surface area (Å²) in [6.45, 7) is 7.01. The van der Waals surface area contributed by atoms with Gasteiger partial charge in [-0.15, -0.1) is 0 Å². The van der Waals surface area contributed by atoms with Crippen molar-refractivity contribution in [2.24, 2.45) is 0 Å². The van der Waals surface area contributed by atoms with E-state index in [2.05, 4.69) is 48.4 Å². The molecule has 7 rings (SSSR count).